The third kappa shape index (κ3) is 5.39. The Bertz CT molecular complexity index is 1470. The quantitative estimate of drug-likeness (QED) is 0.236. The summed E-state index contributed by atoms with van der Waals surface area (Å²) in [6.07, 6.45) is 3.70. The van der Waals surface area contributed by atoms with Gasteiger partial charge in [-0.05, 0) is 85.9 Å². The predicted octanol–water partition coefficient (Wildman–Crippen LogP) is 5.37. The number of para-hydroxylation sites is 1. The number of amides is 2. The van der Waals surface area contributed by atoms with Gasteiger partial charge in [0.15, 0.2) is 0 Å². The van der Waals surface area contributed by atoms with Gasteiger partial charge in [-0.3, -0.25) is 19.5 Å². The van der Waals surface area contributed by atoms with Gasteiger partial charge in [0.1, 0.15) is 5.75 Å². The molecule has 1 fully saturated rings. The summed E-state index contributed by atoms with van der Waals surface area (Å²) in [5.41, 5.74) is 4.14. The number of allylic oxidation sites excluding steroid dienone is 2. The molecule has 5 rings (SSSR count). The smallest absolute Gasteiger partial charge is 0.238 e. The molecule has 0 unspecified atom stereocenters. The van der Waals surface area contributed by atoms with Crippen molar-refractivity contribution in [2.75, 3.05) is 11.5 Å². The Balaban J connectivity index is 1.41. The minimum Gasteiger partial charge on any atom is -0.507 e. The number of phenols is 1. The van der Waals surface area contributed by atoms with Crippen molar-refractivity contribution in [3.05, 3.63) is 99.8 Å². The molecule has 2 heterocycles. The molecule has 4 atom stereocenters. The third-order valence-corrected chi connectivity index (χ3v) is 8.39. The Morgan fingerprint density at radius 1 is 1.10 bits per heavy atom. The number of pyridine rings is 1. The Hall–Kier alpha value is -3.59. The van der Waals surface area contributed by atoms with E-state index in [-0.39, 0.29) is 24.2 Å². The normalized spacial score (nSPS) is 22.1. The van der Waals surface area contributed by atoms with Crippen LogP contribution in [0.3, 0.4) is 0 Å². The Labute approximate surface area is 241 Å². The number of aromatic hydroxyl groups is 1. The van der Waals surface area contributed by atoms with Crippen molar-refractivity contribution in [1.82, 2.24) is 4.98 Å². The Kier molecular flexibility index (Phi) is 8.30. The van der Waals surface area contributed by atoms with Crippen LogP contribution in [-0.4, -0.2) is 44.8 Å². The number of aliphatic hydroxyl groups is 2. The van der Waals surface area contributed by atoms with E-state index >= 15 is 0 Å². The van der Waals surface area contributed by atoms with E-state index in [2.05, 4.69) is 20.9 Å². The van der Waals surface area contributed by atoms with Crippen LogP contribution in [0.1, 0.15) is 37.4 Å². The summed E-state index contributed by atoms with van der Waals surface area (Å²) in [6, 6.07) is 19.6. The fourth-order valence-corrected chi connectivity index (χ4v) is 6.43. The van der Waals surface area contributed by atoms with Crippen LogP contribution < -0.4 is 4.90 Å². The van der Waals surface area contributed by atoms with Gasteiger partial charge in [0.25, 0.3) is 0 Å². The Morgan fingerprint density at radius 2 is 1.85 bits per heavy atom. The van der Waals surface area contributed by atoms with Crippen molar-refractivity contribution in [3.63, 3.8) is 0 Å². The third-order valence-electron chi connectivity index (χ3n) is 7.90. The topological polar surface area (TPSA) is 111 Å². The number of rotatable bonds is 8. The second-order valence-corrected chi connectivity index (χ2v) is 11.3. The monoisotopic (exact) mass is 602 g/mol. The molecule has 1 aromatic heterocycles. The van der Waals surface area contributed by atoms with Gasteiger partial charge >= 0.3 is 0 Å². The number of aliphatic hydroxyl groups excluding tert-OH is 2. The van der Waals surface area contributed by atoms with Gasteiger partial charge < -0.3 is 15.3 Å². The van der Waals surface area contributed by atoms with E-state index in [1.165, 1.54) is 4.90 Å². The maximum absolute atomic E-state index is 13.6. The summed E-state index contributed by atoms with van der Waals surface area (Å²) < 4.78 is 0.820. The molecule has 0 saturated carbocycles. The van der Waals surface area contributed by atoms with E-state index < -0.39 is 23.9 Å². The van der Waals surface area contributed by atoms with Gasteiger partial charge in [0, 0.05) is 22.2 Å². The molecule has 1 aliphatic heterocycles. The summed E-state index contributed by atoms with van der Waals surface area (Å²) in [4.78, 5) is 32.6. The standard InChI is InChI=1S/C32H31BrN2O5/c1-19-15-24-30(32(40)35(31(24)39)23-7-3-2-4-8-23)25(18-36)29(19)28(38)12-10-20(26-9-5-6-14-34-26)16-21-17-22(33)11-13-27(21)37/h2-9,11,13-14,16-17,24-25,28,30,36-38H,10,12,15,18H2,1H3/b20-16-/t24-,25+,28-,30-/m1/s1. The minimum absolute atomic E-state index is 0.127. The molecule has 1 aliphatic carbocycles. The number of aromatic nitrogens is 1. The van der Waals surface area contributed by atoms with Crippen molar-refractivity contribution >= 4 is 45.1 Å². The first-order valence-electron chi connectivity index (χ1n) is 13.3. The number of carbonyl (C=O) groups excluding carboxylic acids is 2. The molecule has 0 spiro atoms. The van der Waals surface area contributed by atoms with E-state index in [1.54, 1.807) is 42.6 Å². The van der Waals surface area contributed by atoms with E-state index in [9.17, 15) is 24.9 Å². The largest absolute Gasteiger partial charge is 0.507 e. The lowest BCUT2D eigenvalue weighted by Crippen LogP contribution is -2.38. The van der Waals surface area contributed by atoms with Crippen molar-refractivity contribution in [2.24, 2.45) is 17.8 Å². The maximum atomic E-state index is 13.6. The molecule has 7 nitrogen and oxygen atoms in total. The zero-order valence-electron chi connectivity index (χ0n) is 22.1. The summed E-state index contributed by atoms with van der Waals surface area (Å²) in [5.74, 6) is -2.42. The van der Waals surface area contributed by atoms with Crippen LogP contribution in [0.15, 0.2) is 88.5 Å². The lowest BCUT2D eigenvalue weighted by atomic mass is 9.68. The number of imide groups is 1. The molecular formula is C32H31BrN2O5. The highest BCUT2D eigenvalue weighted by atomic mass is 79.9. The molecule has 8 heteroatoms. The number of halogens is 1. The zero-order chi connectivity index (χ0) is 28.4. The van der Waals surface area contributed by atoms with E-state index in [1.807, 2.05) is 43.3 Å². The second-order valence-electron chi connectivity index (χ2n) is 10.4. The van der Waals surface area contributed by atoms with Crippen molar-refractivity contribution in [2.45, 2.75) is 32.3 Å². The van der Waals surface area contributed by atoms with Crippen molar-refractivity contribution in [1.29, 1.82) is 0 Å². The summed E-state index contributed by atoms with van der Waals surface area (Å²) in [6.45, 7) is 1.52. The number of hydrogen-bond donors (Lipinski definition) is 3. The van der Waals surface area contributed by atoms with Crippen molar-refractivity contribution < 1.29 is 24.9 Å². The lowest BCUT2D eigenvalue weighted by Gasteiger charge is -2.35. The van der Waals surface area contributed by atoms with Crippen LogP contribution in [0, 0.1) is 17.8 Å². The zero-order valence-corrected chi connectivity index (χ0v) is 23.7. The number of hydrogen-bond acceptors (Lipinski definition) is 6. The van der Waals surface area contributed by atoms with E-state index in [4.69, 9.17) is 0 Å². The molecule has 0 bridgehead atoms. The van der Waals surface area contributed by atoms with Gasteiger partial charge in [-0.1, -0.05) is 45.8 Å². The van der Waals surface area contributed by atoms with Gasteiger partial charge in [-0.25, -0.2) is 0 Å². The first-order chi connectivity index (χ1) is 19.3. The molecule has 40 heavy (non-hydrogen) atoms. The van der Waals surface area contributed by atoms with Gasteiger partial charge in [-0.2, -0.15) is 0 Å². The predicted molar refractivity (Wildman–Crippen MR) is 157 cm³/mol. The average Bonchev–Trinajstić information content (AvgIpc) is 3.21. The van der Waals surface area contributed by atoms with E-state index in [0.29, 0.717) is 36.1 Å². The SMILES string of the molecule is CC1=C([C@H](O)CC/C(=C/c2cc(Br)ccc2O)c2ccccn2)[C@H](CO)[C@@H]2C(=O)N(c3ccccc3)C(=O)[C@@H]2C1. The van der Waals surface area contributed by atoms with Crippen LogP contribution in [0.5, 0.6) is 5.75 Å². The highest BCUT2D eigenvalue weighted by Gasteiger charge is 2.54. The van der Waals surface area contributed by atoms with Gasteiger partial charge in [0.2, 0.25) is 11.8 Å². The summed E-state index contributed by atoms with van der Waals surface area (Å²) in [5, 5.41) is 32.4. The van der Waals surface area contributed by atoms with Crippen LogP contribution in [0.4, 0.5) is 5.69 Å². The number of fused-ring (bicyclic) bond motifs is 1. The number of benzene rings is 2. The highest BCUT2D eigenvalue weighted by molar-refractivity contribution is 9.10. The van der Waals surface area contributed by atoms with Crippen LogP contribution >= 0.6 is 15.9 Å². The first-order valence-corrected chi connectivity index (χ1v) is 14.1. The molecule has 1 saturated heterocycles. The number of carbonyl (C=O) groups is 2. The Morgan fingerprint density at radius 3 is 2.55 bits per heavy atom. The molecular weight excluding hydrogens is 572 g/mol. The molecule has 3 N–H and O–H groups in total. The summed E-state index contributed by atoms with van der Waals surface area (Å²) >= 11 is 3.45. The van der Waals surface area contributed by atoms with Crippen molar-refractivity contribution in [3.8, 4) is 5.75 Å². The average molecular weight is 604 g/mol. The molecule has 2 aromatic carbocycles. The van der Waals surface area contributed by atoms with E-state index in [0.717, 1.165) is 21.3 Å². The first kappa shape index (κ1) is 28.0. The lowest BCUT2D eigenvalue weighted by molar-refractivity contribution is -0.123. The number of anilines is 1. The summed E-state index contributed by atoms with van der Waals surface area (Å²) in [7, 11) is 0. The fourth-order valence-electron chi connectivity index (χ4n) is 6.05. The maximum Gasteiger partial charge on any atom is 0.238 e. The van der Waals surface area contributed by atoms with Gasteiger partial charge in [-0.15, -0.1) is 0 Å². The van der Waals surface area contributed by atoms with Gasteiger partial charge in [0.05, 0.1) is 35.9 Å². The van der Waals surface area contributed by atoms with Crippen LogP contribution in [0.25, 0.3) is 11.6 Å². The van der Waals surface area contributed by atoms with Crippen LogP contribution in [-0.2, 0) is 9.59 Å². The second kappa shape index (κ2) is 11.9. The van der Waals surface area contributed by atoms with Crippen LogP contribution in [0.2, 0.25) is 0 Å². The number of phenolic OH excluding ortho intramolecular Hbond substituents is 1. The highest BCUT2D eigenvalue weighted by Crippen LogP contribution is 2.47. The minimum atomic E-state index is -0.935. The molecule has 2 aliphatic rings. The number of nitrogens with zero attached hydrogens (tertiary/aromatic N) is 2. The molecule has 0 radical (unpaired) electrons. The fraction of sp³-hybridized carbons (Fsp3) is 0.281. The molecule has 3 aromatic rings. The molecule has 2 amide bonds. The molecule has 206 valence electrons.